The van der Waals surface area contributed by atoms with Gasteiger partial charge in [0.2, 0.25) is 0 Å². The predicted molar refractivity (Wildman–Crippen MR) is 56.0 cm³/mol. The van der Waals surface area contributed by atoms with Crippen molar-refractivity contribution in [1.29, 1.82) is 0 Å². The standard InChI is InChI=1S/C11H11F4NO2/c1-2-18-8(17)3-4-16-11-9(14)6(12)5-7(13)10(11)15/h5,16H,2-4H2,1H3. The molecule has 0 saturated heterocycles. The molecule has 0 radical (unpaired) electrons. The van der Waals surface area contributed by atoms with Crippen LogP contribution in [0.4, 0.5) is 23.2 Å². The molecular formula is C11H11F4NO2. The van der Waals surface area contributed by atoms with E-state index in [1.54, 1.807) is 6.92 Å². The van der Waals surface area contributed by atoms with Crippen molar-refractivity contribution in [2.45, 2.75) is 13.3 Å². The number of hydrogen-bond acceptors (Lipinski definition) is 3. The summed E-state index contributed by atoms with van der Waals surface area (Å²) in [6.45, 7) is 1.58. The summed E-state index contributed by atoms with van der Waals surface area (Å²) in [5.41, 5.74) is -0.934. The highest BCUT2D eigenvalue weighted by Crippen LogP contribution is 2.23. The number of ether oxygens (including phenoxy) is 1. The minimum absolute atomic E-state index is 0.112. The smallest absolute Gasteiger partial charge is 0.307 e. The normalized spacial score (nSPS) is 10.3. The van der Waals surface area contributed by atoms with Crippen molar-refractivity contribution in [2.75, 3.05) is 18.5 Å². The summed E-state index contributed by atoms with van der Waals surface area (Å²) in [6.07, 6.45) is -0.176. The fraction of sp³-hybridized carbons (Fsp3) is 0.364. The Morgan fingerprint density at radius 3 is 2.28 bits per heavy atom. The van der Waals surface area contributed by atoms with Gasteiger partial charge in [-0.1, -0.05) is 0 Å². The van der Waals surface area contributed by atoms with Crippen molar-refractivity contribution in [2.24, 2.45) is 0 Å². The molecule has 0 atom stereocenters. The zero-order valence-electron chi connectivity index (χ0n) is 9.53. The summed E-state index contributed by atoms with van der Waals surface area (Å²) < 4.78 is 56.5. The number of benzene rings is 1. The molecule has 1 aromatic carbocycles. The third kappa shape index (κ3) is 3.35. The molecule has 0 bridgehead atoms. The Bertz CT molecular complexity index is 425. The molecule has 18 heavy (non-hydrogen) atoms. The van der Waals surface area contributed by atoms with Crippen LogP contribution >= 0.6 is 0 Å². The lowest BCUT2D eigenvalue weighted by molar-refractivity contribution is -0.142. The Kier molecular flexibility index (Phi) is 4.94. The Morgan fingerprint density at radius 1 is 1.22 bits per heavy atom. The van der Waals surface area contributed by atoms with Crippen LogP contribution in [-0.4, -0.2) is 19.1 Å². The Hall–Kier alpha value is -1.79. The number of carbonyl (C=O) groups is 1. The zero-order chi connectivity index (χ0) is 13.7. The second kappa shape index (κ2) is 6.23. The quantitative estimate of drug-likeness (QED) is 0.505. The van der Waals surface area contributed by atoms with Gasteiger partial charge in [-0.3, -0.25) is 4.79 Å². The average Bonchev–Trinajstić information content (AvgIpc) is 2.31. The first kappa shape index (κ1) is 14.3. The Morgan fingerprint density at radius 2 is 1.78 bits per heavy atom. The molecule has 100 valence electrons. The van der Waals surface area contributed by atoms with Crippen molar-refractivity contribution in [3.05, 3.63) is 29.3 Å². The second-order valence-electron chi connectivity index (χ2n) is 3.32. The molecular weight excluding hydrogens is 254 g/mol. The van der Waals surface area contributed by atoms with Crippen LogP contribution in [0.15, 0.2) is 6.07 Å². The lowest BCUT2D eigenvalue weighted by atomic mass is 10.2. The van der Waals surface area contributed by atoms with Crippen LogP contribution in [-0.2, 0) is 9.53 Å². The highest BCUT2D eigenvalue weighted by atomic mass is 19.2. The van der Waals surface area contributed by atoms with Gasteiger partial charge in [0.25, 0.3) is 0 Å². The largest absolute Gasteiger partial charge is 0.466 e. The SMILES string of the molecule is CCOC(=O)CCNc1c(F)c(F)cc(F)c1F. The van der Waals surface area contributed by atoms with E-state index in [-0.39, 0.29) is 25.6 Å². The van der Waals surface area contributed by atoms with Gasteiger partial charge in [-0.25, -0.2) is 17.6 Å². The van der Waals surface area contributed by atoms with Gasteiger partial charge >= 0.3 is 5.97 Å². The highest BCUT2D eigenvalue weighted by molar-refractivity contribution is 5.70. The van der Waals surface area contributed by atoms with E-state index in [9.17, 15) is 22.4 Å². The molecule has 0 fully saturated rings. The van der Waals surface area contributed by atoms with Gasteiger partial charge < -0.3 is 10.1 Å². The van der Waals surface area contributed by atoms with Crippen molar-refractivity contribution in [3.8, 4) is 0 Å². The number of hydrogen-bond donors (Lipinski definition) is 1. The second-order valence-corrected chi connectivity index (χ2v) is 3.32. The van der Waals surface area contributed by atoms with E-state index in [1.807, 2.05) is 0 Å². The molecule has 0 unspecified atom stereocenters. The van der Waals surface area contributed by atoms with E-state index in [2.05, 4.69) is 10.1 Å². The fourth-order valence-corrected chi connectivity index (χ4v) is 1.25. The van der Waals surface area contributed by atoms with Crippen molar-refractivity contribution >= 4 is 11.7 Å². The molecule has 0 aliphatic heterocycles. The molecule has 0 saturated carbocycles. The summed E-state index contributed by atoms with van der Waals surface area (Å²) >= 11 is 0. The third-order valence-electron chi connectivity index (χ3n) is 2.05. The fourth-order valence-electron chi connectivity index (χ4n) is 1.25. The number of anilines is 1. The molecule has 7 heteroatoms. The highest BCUT2D eigenvalue weighted by Gasteiger charge is 2.18. The van der Waals surface area contributed by atoms with Crippen LogP contribution < -0.4 is 5.32 Å². The van der Waals surface area contributed by atoms with Crippen LogP contribution in [0.25, 0.3) is 0 Å². The molecule has 3 nitrogen and oxygen atoms in total. The van der Waals surface area contributed by atoms with Gasteiger partial charge in [-0.2, -0.15) is 0 Å². The van der Waals surface area contributed by atoms with Crippen molar-refractivity contribution in [3.63, 3.8) is 0 Å². The zero-order valence-corrected chi connectivity index (χ0v) is 9.53. The van der Waals surface area contributed by atoms with Crippen LogP contribution in [0.5, 0.6) is 0 Å². The summed E-state index contributed by atoms with van der Waals surface area (Å²) in [5, 5.41) is 2.12. The van der Waals surface area contributed by atoms with Gasteiger partial charge in [-0.15, -0.1) is 0 Å². The van der Waals surface area contributed by atoms with E-state index in [0.29, 0.717) is 0 Å². The van der Waals surface area contributed by atoms with Crippen LogP contribution in [0.3, 0.4) is 0 Å². The number of nitrogens with one attached hydrogen (secondary N) is 1. The Labute approximate surface area is 101 Å². The van der Waals surface area contributed by atoms with Gasteiger partial charge in [0.05, 0.1) is 13.0 Å². The first-order valence-corrected chi connectivity index (χ1v) is 5.19. The van der Waals surface area contributed by atoms with E-state index in [1.165, 1.54) is 0 Å². The molecule has 1 aromatic rings. The van der Waals surface area contributed by atoms with Crippen LogP contribution in [0, 0.1) is 23.3 Å². The number of esters is 1. The molecule has 0 heterocycles. The van der Waals surface area contributed by atoms with Crippen LogP contribution in [0.2, 0.25) is 0 Å². The number of carbonyl (C=O) groups excluding carboxylic acids is 1. The predicted octanol–water partition coefficient (Wildman–Crippen LogP) is 2.61. The lowest BCUT2D eigenvalue weighted by Crippen LogP contribution is -2.14. The molecule has 0 aliphatic carbocycles. The molecule has 0 spiro atoms. The first-order chi connectivity index (χ1) is 8.47. The van der Waals surface area contributed by atoms with Gasteiger partial charge in [0, 0.05) is 12.6 Å². The van der Waals surface area contributed by atoms with E-state index >= 15 is 0 Å². The molecule has 1 N–H and O–H groups in total. The monoisotopic (exact) mass is 265 g/mol. The van der Waals surface area contributed by atoms with Crippen molar-refractivity contribution in [1.82, 2.24) is 0 Å². The molecule has 1 rings (SSSR count). The maximum absolute atomic E-state index is 13.2. The topological polar surface area (TPSA) is 38.3 Å². The minimum Gasteiger partial charge on any atom is -0.466 e. The maximum atomic E-state index is 13.2. The van der Waals surface area contributed by atoms with Gasteiger partial charge in [0.15, 0.2) is 23.3 Å². The molecule has 0 amide bonds. The number of rotatable bonds is 5. The summed E-state index contributed by atoms with van der Waals surface area (Å²) in [5.74, 6) is -6.65. The van der Waals surface area contributed by atoms with Crippen LogP contribution in [0.1, 0.15) is 13.3 Å². The van der Waals surface area contributed by atoms with E-state index in [0.717, 1.165) is 0 Å². The molecule has 0 aliphatic rings. The molecule has 0 aromatic heterocycles. The summed E-state index contributed by atoms with van der Waals surface area (Å²) in [4.78, 5) is 10.9. The maximum Gasteiger partial charge on any atom is 0.307 e. The van der Waals surface area contributed by atoms with Crippen molar-refractivity contribution < 1.29 is 27.1 Å². The number of halogens is 4. The van der Waals surface area contributed by atoms with Gasteiger partial charge in [0.1, 0.15) is 5.69 Å². The van der Waals surface area contributed by atoms with Gasteiger partial charge in [-0.05, 0) is 6.92 Å². The third-order valence-corrected chi connectivity index (χ3v) is 2.05. The average molecular weight is 265 g/mol. The lowest BCUT2D eigenvalue weighted by Gasteiger charge is -2.09. The Balaban J connectivity index is 2.70. The van der Waals surface area contributed by atoms with E-state index < -0.39 is 34.9 Å². The minimum atomic E-state index is -1.53. The summed E-state index contributed by atoms with van der Waals surface area (Å²) in [7, 11) is 0. The summed E-state index contributed by atoms with van der Waals surface area (Å²) in [6, 6.07) is 0.112. The first-order valence-electron chi connectivity index (χ1n) is 5.19. The van der Waals surface area contributed by atoms with E-state index in [4.69, 9.17) is 0 Å².